The first-order valence-electron chi connectivity index (χ1n) is 13.0. The molecule has 4 aromatic rings. The van der Waals surface area contributed by atoms with Gasteiger partial charge in [-0.25, -0.2) is 4.68 Å². The fourth-order valence-electron chi connectivity index (χ4n) is 5.37. The number of aromatic amines is 1. The first-order valence-corrected chi connectivity index (χ1v) is 13.0. The summed E-state index contributed by atoms with van der Waals surface area (Å²) in [5, 5.41) is 14.5. The number of rotatable bonds is 9. The zero-order valence-corrected chi connectivity index (χ0v) is 21.3. The molecule has 37 heavy (non-hydrogen) atoms. The third-order valence-electron chi connectivity index (χ3n) is 6.99. The summed E-state index contributed by atoms with van der Waals surface area (Å²) < 4.78 is 9.14. The van der Waals surface area contributed by atoms with E-state index in [9.17, 15) is 9.59 Å². The molecule has 0 bridgehead atoms. The van der Waals surface area contributed by atoms with E-state index < -0.39 is 0 Å². The lowest BCUT2D eigenvalue weighted by Gasteiger charge is -2.27. The van der Waals surface area contributed by atoms with E-state index in [0.717, 1.165) is 65.7 Å². The van der Waals surface area contributed by atoms with Crippen molar-refractivity contribution >= 4 is 5.97 Å². The van der Waals surface area contributed by atoms with Gasteiger partial charge in [0, 0.05) is 29.8 Å². The molecule has 5 rings (SSSR count). The van der Waals surface area contributed by atoms with E-state index >= 15 is 0 Å². The van der Waals surface area contributed by atoms with Crippen LogP contribution >= 0.6 is 0 Å². The second-order valence-electron chi connectivity index (χ2n) is 9.41. The number of hydrogen-bond acceptors (Lipinski definition) is 6. The van der Waals surface area contributed by atoms with E-state index in [2.05, 4.69) is 56.5 Å². The summed E-state index contributed by atoms with van der Waals surface area (Å²) in [5.41, 5.74) is 5.97. The molecule has 0 spiro atoms. The van der Waals surface area contributed by atoms with Crippen LogP contribution in [-0.2, 0) is 28.9 Å². The first-order chi connectivity index (χ1) is 18.1. The number of carbonyl (C=O) groups excluding carboxylic acids is 1. The number of nitrogens with zero attached hydrogens (tertiary/aromatic N) is 5. The van der Waals surface area contributed by atoms with E-state index in [0.29, 0.717) is 18.9 Å². The molecule has 2 aromatic carbocycles. The van der Waals surface area contributed by atoms with E-state index in [-0.39, 0.29) is 24.0 Å². The Bertz CT molecular complexity index is 1420. The molecule has 1 aliphatic rings. The summed E-state index contributed by atoms with van der Waals surface area (Å²) in [4.78, 5) is 25.9. The average Bonchev–Trinajstić information content (AvgIpc) is 3.54. The maximum Gasteiger partial charge on any atom is 0.307 e. The SMILES string of the molecule is CCCc1c(Cc2ccc(-c3ccccc3-c3nn[nH]n3)cc2)c(=O)n2n1CCCC2CC(=O)OCC. The van der Waals surface area contributed by atoms with E-state index in [1.165, 1.54) is 0 Å². The van der Waals surface area contributed by atoms with Crippen molar-refractivity contribution in [3.8, 4) is 22.5 Å². The minimum Gasteiger partial charge on any atom is -0.466 e. The number of H-pyrrole nitrogens is 1. The molecule has 0 saturated carbocycles. The zero-order chi connectivity index (χ0) is 25.8. The van der Waals surface area contributed by atoms with Gasteiger partial charge in [-0.3, -0.25) is 14.3 Å². The summed E-state index contributed by atoms with van der Waals surface area (Å²) in [6.45, 7) is 5.09. The highest BCUT2D eigenvalue weighted by atomic mass is 16.5. The van der Waals surface area contributed by atoms with Crippen LogP contribution < -0.4 is 5.56 Å². The molecule has 0 amide bonds. The molecule has 0 saturated heterocycles. The van der Waals surface area contributed by atoms with Crippen LogP contribution in [-0.4, -0.2) is 42.6 Å². The van der Waals surface area contributed by atoms with Crippen molar-refractivity contribution in [2.24, 2.45) is 0 Å². The van der Waals surface area contributed by atoms with Crippen molar-refractivity contribution in [1.82, 2.24) is 30.0 Å². The smallest absolute Gasteiger partial charge is 0.307 e. The van der Waals surface area contributed by atoms with Gasteiger partial charge in [-0.05, 0) is 48.1 Å². The highest BCUT2D eigenvalue weighted by Crippen LogP contribution is 2.31. The lowest BCUT2D eigenvalue weighted by Crippen LogP contribution is -2.34. The average molecular weight is 501 g/mol. The van der Waals surface area contributed by atoms with E-state index in [1.807, 2.05) is 28.9 Å². The highest BCUT2D eigenvalue weighted by molar-refractivity contribution is 5.80. The van der Waals surface area contributed by atoms with Crippen LogP contribution in [0, 0.1) is 0 Å². The monoisotopic (exact) mass is 500 g/mol. The van der Waals surface area contributed by atoms with Gasteiger partial charge in [0.1, 0.15) is 0 Å². The second kappa shape index (κ2) is 10.9. The molecule has 1 unspecified atom stereocenters. The van der Waals surface area contributed by atoms with Gasteiger partial charge >= 0.3 is 5.97 Å². The van der Waals surface area contributed by atoms with Gasteiger partial charge in [0.15, 0.2) is 0 Å². The number of aromatic nitrogens is 6. The quantitative estimate of drug-likeness (QED) is 0.343. The number of ether oxygens (including phenoxy) is 1. The Morgan fingerprint density at radius 1 is 1.11 bits per heavy atom. The molecule has 0 fully saturated rings. The van der Waals surface area contributed by atoms with Crippen molar-refractivity contribution in [2.45, 2.75) is 65.0 Å². The molecule has 1 N–H and O–H groups in total. The van der Waals surface area contributed by atoms with Crippen molar-refractivity contribution in [3.63, 3.8) is 0 Å². The molecule has 9 nitrogen and oxygen atoms in total. The molecule has 9 heteroatoms. The Morgan fingerprint density at radius 2 is 1.89 bits per heavy atom. The van der Waals surface area contributed by atoms with Gasteiger partial charge < -0.3 is 4.74 Å². The van der Waals surface area contributed by atoms with Gasteiger partial charge in [0.2, 0.25) is 5.82 Å². The van der Waals surface area contributed by atoms with Crippen molar-refractivity contribution in [1.29, 1.82) is 0 Å². The third-order valence-corrected chi connectivity index (χ3v) is 6.99. The fraction of sp³-hybridized carbons (Fsp3) is 0.393. The summed E-state index contributed by atoms with van der Waals surface area (Å²) in [6, 6.07) is 16.1. The lowest BCUT2D eigenvalue weighted by molar-refractivity contribution is -0.144. The van der Waals surface area contributed by atoms with Crippen LogP contribution in [0.15, 0.2) is 53.3 Å². The summed E-state index contributed by atoms with van der Waals surface area (Å²) in [5.74, 6) is 0.304. The van der Waals surface area contributed by atoms with Crippen molar-refractivity contribution in [3.05, 3.63) is 75.7 Å². The Hall–Kier alpha value is -4.01. The van der Waals surface area contributed by atoms with Gasteiger partial charge in [-0.15, -0.1) is 10.2 Å². The third kappa shape index (κ3) is 4.98. The Labute approximate surface area is 215 Å². The molecule has 1 aliphatic heterocycles. The zero-order valence-electron chi connectivity index (χ0n) is 21.3. The summed E-state index contributed by atoms with van der Waals surface area (Å²) in [6.07, 6.45) is 4.33. The number of esters is 1. The number of benzene rings is 2. The molecule has 192 valence electrons. The predicted octanol–water partition coefficient (Wildman–Crippen LogP) is 4.33. The first kappa shape index (κ1) is 24.7. The predicted molar refractivity (Wildman–Crippen MR) is 140 cm³/mol. The van der Waals surface area contributed by atoms with Crippen LogP contribution in [0.4, 0.5) is 0 Å². The molecular formula is C28H32N6O3. The molecule has 1 atom stereocenters. The maximum atomic E-state index is 13.7. The number of hydrogen-bond donors (Lipinski definition) is 1. The van der Waals surface area contributed by atoms with Crippen LogP contribution in [0.5, 0.6) is 0 Å². The Balaban J connectivity index is 1.45. The molecular weight excluding hydrogens is 468 g/mol. The Kier molecular flexibility index (Phi) is 7.30. The minimum absolute atomic E-state index is 0.0176. The van der Waals surface area contributed by atoms with E-state index in [4.69, 9.17) is 4.74 Å². The van der Waals surface area contributed by atoms with Crippen molar-refractivity contribution < 1.29 is 9.53 Å². The topological polar surface area (TPSA) is 108 Å². The minimum atomic E-state index is -0.246. The van der Waals surface area contributed by atoms with Gasteiger partial charge in [-0.2, -0.15) is 5.21 Å². The maximum absolute atomic E-state index is 13.7. The molecule has 2 aromatic heterocycles. The number of fused-ring (bicyclic) bond motifs is 1. The number of carbonyl (C=O) groups is 1. The standard InChI is InChI=1S/C28H32N6O3/c1-3-8-25-24(28(36)34-21(9-7-16-33(25)34)18-26(35)37-4-2)17-19-12-14-20(15-13-19)22-10-5-6-11-23(22)27-29-31-32-30-27/h5-6,10-15,21H,3-4,7-9,16-18H2,1-2H3,(H,29,30,31,32). The highest BCUT2D eigenvalue weighted by Gasteiger charge is 2.29. The fourth-order valence-corrected chi connectivity index (χ4v) is 5.37. The van der Waals surface area contributed by atoms with Crippen LogP contribution in [0.2, 0.25) is 0 Å². The van der Waals surface area contributed by atoms with Gasteiger partial charge in [-0.1, -0.05) is 61.9 Å². The van der Waals surface area contributed by atoms with Crippen LogP contribution in [0.1, 0.15) is 62.4 Å². The Morgan fingerprint density at radius 3 is 2.59 bits per heavy atom. The van der Waals surface area contributed by atoms with Crippen LogP contribution in [0.25, 0.3) is 22.5 Å². The normalized spacial score (nSPS) is 14.9. The van der Waals surface area contributed by atoms with E-state index in [1.54, 1.807) is 6.92 Å². The molecule has 0 radical (unpaired) electrons. The largest absolute Gasteiger partial charge is 0.466 e. The summed E-state index contributed by atoms with van der Waals surface area (Å²) >= 11 is 0. The number of tetrazole rings is 1. The van der Waals surface area contributed by atoms with Gasteiger partial charge in [0.25, 0.3) is 5.56 Å². The van der Waals surface area contributed by atoms with Gasteiger partial charge in [0.05, 0.1) is 19.1 Å². The van der Waals surface area contributed by atoms with Crippen LogP contribution in [0.3, 0.4) is 0 Å². The molecule has 0 aliphatic carbocycles. The number of nitrogens with one attached hydrogen (secondary N) is 1. The lowest BCUT2D eigenvalue weighted by atomic mass is 9.96. The summed E-state index contributed by atoms with van der Waals surface area (Å²) in [7, 11) is 0. The van der Waals surface area contributed by atoms with Crippen molar-refractivity contribution in [2.75, 3.05) is 6.61 Å². The second-order valence-corrected chi connectivity index (χ2v) is 9.41. The molecule has 3 heterocycles.